The molecule has 0 radical (unpaired) electrons. The van der Waals surface area contributed by atoms with Crippen LogP contribution in [0.25, 0.3) is 0 Å². The maximum absolute atomic E-state index is 9.69. The minimum absolute atomic E-state index is 0.328. The molecule has 0 unspecified atom stereocenters. The zero-order chi connectivity index (χ0) is 13.0. The lowest BCUT2D eigenvalue weighted by atomic mass is 9.75. The third-order valence-corrected chi connectivity index (χ3v) is 4.28. The summed E-state index contributed by atoms with van der Waals surface area (Å²) in [7, 11) is 4.27. The fraction of sp³-hybridized carbons (Fsp3) is 0.625. The van der Waals surface area contributed by atoms with Crippen LogP contribution in [0.1, 0.15) is 44.1 Å². The molecule has 1 N–H and O–H groups in total. The minimum Gasteiger partial charge on any atom is -0.508 e. The fourth-order valence-electron chi connectivity index (χ4n) is 3.30. The van der Waals surface area contributed by atoms with Crippen LogP contribution in [-0.2, 0) is 5.41 Å². The van der Waals surface area contributed by atoms with Crippen molar-refractivity contribution in [3.8, 4) is 5.75 Å². The van der Waals surface area contributed by atoms with E-state index in [0.717, 1.165) is 6.54 Å². The lowest BCUT2D eigenvalue weighted by molar-refractivity contribution is 0.335. The van der Waals surface area contributed by atoms with Crippen LogP contribution in [0.2, 0.25) is 0 Å². The Bertz CT molecular complexity index is 380. The van der Waals surface area contributed by atoms with Gasteiger partial charge in [0.05, 0.1) is 0 Å². The van der Waals surface area contributed by atoms with Crippen LogP contribution in [0.15, 0.2) is 24.3 Å². The summed E-state index contributed by atoms with van der Waals surface area (Å²) < 4.78 is 0. The SMILES string of the molecule is CN(C)CCCC1(c2cccc(O)c2)CCCC1. The van der Waals surface area contributed by atoms with E-state index >= 15 is 0 Å². The van der Waals surface area contributed by atoms with Gasteiger partial charge in [0, 0.05) is 0 Å². The van der Waals surface area contributed by atoms with Gasteiger partial charge in [0.25, 0.3) is 0 Å². The Morgan fingerprint density at radius 2 is 1.94 bits per heavy atom. The molecule has 2 nitrogen and oxygen atoms in total. The zero-order valence-electron chi connectivity index (χ0n) is 11.7. The predicted octanol–water partition coefficient (Wildman–Crippen LogP) is 3.55. The summed E-state index contributed by atoms with van der Waals surface area (Å²) in [5.74, 6) is 0.409. The van der Waals surface area contributed by atoms with Crippen molar-refractivity contribution < 1.29 is 5.11 Å². The first-order valence-electron chi connectivity index (χ1n) is 7.07. The molecule has 2 heteroatoms. The molecule has 1 aliphatic carbocycles. The number of benzene rings is 1. The molecule has 0 spiro atoms. The first-order valence-corrected chi connectivity index (χ1v) is 7.07. The van der Waals surface area contributed by atoms with Crippen molar-refractivity contribution in [3.63, 3.8) is 0 Å². The summed E-state index contributed by atoms with van der Waals surface area (Å²) >= 11 is 0. The molecule has 0 aromatic heterocycles. The molecule has 0 atom stereocenters. The van der Waals surface area contributed by atoms with E-state index in [-0.39, 0.29) is 0 Å². The van der Waals surface area contributed by atoms with E-state index in [0.29, 0.717) is 11.2 Å². The van der Waals surface area contributed by atoms with Crippen molar-refractivity contribution in [3.05, 3.63) is 29.8 Å². The molecule has 1 aromatic carbocycles. The highest BCUT2D eigenvalue weighted by atomic mass is 16.3. The Labute approximate surface area is 111 Å². The molecule has 1 aromatic rings. The highest BCUT2D eigenvalue weighted by molar-refractivity contribution is 5.33. The average molecular weight is 247 g/mol. The zero-order valence-corrected chi connectivity index (χ0v) is 11.7. The number of phenolic OH excluding ortho intramolecular Hbond substituents is 1. The van der Waals surface area contributed by atoms with Crippen LogP contribution >= 0.6 is 0 Å². The van der Waals surface area contributed by atoms with Crippen molar-refractivity contribution in [2.75, 3.05) is 20.6 Å². The largest absolute Gasteiger partial charge is 0.508 e. The van der Waals surface area contributed by atoms with Crippen LogP contribution in [-0.4, -0.2) is 30.6 Å². The monoisotopic (exact) mass is 247 g/mol. The van der Waals surface area contributed by atoms with E-state index in [1.54, 1.807) is 6.07 Å². The third-order valence-electron chi connectivity index (χ3n) is 4.28. The van der Waals surface area contributed by atoms with Crippen molar-refractivity contribution in [2.24, 2.45) is 0 Å². The summed E-state index contributed by atoms with van der Waals surface area (Å²) in [6.07, 6.45) is 7.71. The van der Waals surface area contributed by atoms with E-state index in [4.69, 9.17) is 0 Å². The Morgan fingerprint density at radius 3 is 2.56 bits per heavy atom. The van der Waals surface area contributed by atoms with Gasteiger partial charge in [-0.05, 0) is 69.4 Å². The van der Waals surface area contributed by atoms with Gasteiger partial charge >= 0.3 is 0 Å². The Balaban J connectivity index is 2.11. The number of phenols is 1. The first-order chi connectivity index (χ1) is 8.62. The minimum atomic E-state index is 0.328. The van der Waals surface area contributed by atoms with E-state index in [9.17, 15) is 5.11 Å². The molecule has 2 rings (SSSR count). The summed E-state index contributed by atoms with van der Waals surface area (Å²) in [5, 5.41) is 9.69. The highest BCUT2D eigenvalue weighted by Gasteiger charge is 2.35. The molecule has 100 valence electrons. The first kappa shape index (κ1) is 13.4. The van der Waals surface area contributed by atoms with Crippen LogP contribution in [0, 0.1) is 0 Å². The molecule has 0 heterocycles. The summed E-state index contributed by atoms with van der Waals surface area (Å²) in [6, 6.07) is 7.92. The van der Waals surface area contributed by atoms with Gasteiger partial charge in [-0.15, -0.1) is 0 Å². The number of hydrogen-bond acceptors (Lipinski definition) is 2. The van der Waals surface area contributed by atoms with Crippen LogP contribution in [0.5, 0.6) is 5.75 Å². The van der Waals surface area contributed by atoms with Crippen LogP contribution in [0.3, 0.4) is 0 Å². The second kappa shape index (κ2) is 5.75. The lowest BCUT2D eigenvalue weighted by Crippen LogP contribution is -2.24. The number of hydrogen-bond donors (Lipinski definition) is 1. The number of nitrogens with zero attached hydrogens (tertiary/aromatic N) is 1. The van der Waals surface area contributed by atoms with Gasteiger partial charge in [-0.3, -0.25) is 0 Å². The van der Waals surface area contributed by atoms with E-state index in [1.165, 1.54) is 44.1 Å². The van der Waals surface area contributed by atoms with Crippen molar-refractivity contribution in [1.82, 2.24) is 4.90 Å². The van der Waals surface area contributed by atoms with Gasteiger partial charge in [0.1, 0.15) is 5.75 Å². The molecular formula is C16H25NO. The standard InChI is InChI=1S/C16H25NO/c1-17(2)12-6-11-16(9-3-4-10-16)14-7-5-8-15(18)13-14/h5,7-8,13,18H,3-4,6,9-12H2,1-2H3. The van der Waals surface area contributed by atoms with Crippen LogP contribution in [0.4, 0.5) is 0 Å². The molecular weight excluding hydrogens is 222 g/mol. The molecule has 0 amide bonds. The maximum Gasteiger partial charge on any atom is 0.115 e. The van der Waals surface area contributed by atoms with E-state index in [2.05, 4.69) is 25.1 Å². The van der Waals surface area contributed by atoms with Gasteiger partial charge in [0.2, 0.25) is 0 Å². The molecule has 0 aliphatic heterocycles. The quantitative estimate of drug-likeness (QED) is 0.860. The lowest BCUT2D eigenvalue weighted by Gasteiger charge is -2.30. The van der Waals surface area contributed by atoms with Crippen LogP contribution < -0.4 is 0 Å². The molecule has 1 fully saturated rings. The fourth-order valence-corrected chi connectivity index (χ4v) is 3.30. The number of aromatic hydroxyl groups is 1. The molecule has 0 bridgehead atoms. The molecule has 1 aliphatic rings. The van der Waals surface area contributed by atoms with E-state index < -0.39 is 0 Å². The summed E-state index contributed by atoms with van der Waals surface area (Å²) in [4.78, 5) is 2.26. The van der Waals surface area contributed by atoms with Gasteiger partial charge in [-0.1, -0.05) is 25.0 Å². The molecule has 0 saturated heterocycles. The van der Waals surface area contributed by atoms with Crippen molar-refractivity contribution in [1.29, 1.82) is 0 Å². The molecule has 1 saturated carbocycles. The second-order valence-corrected chi connectivity index (χ2v) is 5.94. The number of rotatable bonds is 5. The van der Waals surface area contributed by atoms with Gasteiger partial charge in [-0.25, -0.2) is 0 Å². The maximum atomic E-state index is 9.69. The van der Waals surface area contributed by atoms with Gasteiger partial charge in [-0.2, -0.15) is 0 Å². The van der Waals surface area contributed by atoms with E-state index in [1.807, 2.05) is 12.1 Å². The smallest absolute Gasteiger partial charge is 0.115 e. The Kier molecular flexibility index (Phi) is 4.28. The topological polar surface area (TPSA) is 23.5 Å². The predicted molar refractivity (Wildman–Crippen MR) is 76.0 cm³/mol. The average Bonchev–Trinajstić information content (AvgIpc) is 2.78. The third kappa shape index (κ3) is 3.05. The highest BCUT2D eigenvalue weighted by Crippen LogP contribution is 2.45. The summed E-state index contributed by atoms with van der Waals surface area (Å²) in [5.41, 5.74) is 1.67. The molecule has 18 heavy (non-hydrogen) atoms. The van der Waals surface area contributed by atoms with Crippen molar-refractivity contribution >= 4 is 0 Å². The summed E-state index contributed by atoms with van der Waals surface area (Å²) in [6.45, 7) is 1.15. The van der Waals surface area contributed by atoms with Crippen molar-refractivity contribution in [2.45, 2.75) is 43.9 Å². The Hall–Kier alpha value is -1.02. The second-order valence-electron chi connectivity index (χ2n) is 5.94. The normalized spacial score (nSPS) is 18.4. The van der Waals surface area contributed by atoms with Gasteiger partial charge in [0.15, 0.2) is 0 Å². The Morgan fingerprint density at radius 1 is 1.22 bits per heavy atom. The van der Waals surface area contributed by atoms with Gasteiger partial charge < -0.3 is 10.0 Å².